The molecule has 0 aromatic heterocycles. The number of hydrogen-bond donors (Lipinski definition) is 2. The number of benzene rings is 2. The van der Waals surface area contributed by atoms with Gasteiger partial charge < -0.3 is 10.6 Å². The molecule has 0 bridgehead atoms. The van der Waals surface area contributed by atoms with Crippen LogP contribution >= 0.6 is 0 Å². The second-order valence-electron chi connectivity index (χ2n) is 7.60. The lowest BCUT2D eigenvalue weighted by molar-refractivity contribution is -0.173. The van der Waals surface area contributed by atoms with Gasteiger partial charge in [-0.3, -0.25) is 24.1 Å². The molecule has 2 unspecified atom stereocenters. The second-order valence-corrected chi connectivity index (χ2v) is 7.60. The molecule has 1 heterocycles. The molecule has 0 spiro atoms. The molecule has 7 nitrogen and oxygen atoms in total. The third-order valence-corrected chi connectivity index (χ3v) is 5.26. The Morgan fingerprint density at radius 2 is 1.53 bits per heavy atom. The minimum absolute atomic E-state index is 0.0916. The van der Waals surface area contributed by atoms with Crippen molar-refractivity contribution in [1.82, 2.24) is 15.5 Å². The van der Waals surface area contributed by atoms with Crippen LogP contribution in [0.4, 0.5) is 13.2 Å². The lowest BCUT2D eigenvalue weighted by Crippen LogP contribution is -2.58. The summed E-state index contributed by atoms with van der Waals surface area (Å²) in [7, 11) is 0. The molecular weight excluding hydrogens is 451 g/mol. The Hall–Kier alpha value is -3.79. The summed E-state index contributed by atoms with van der Waals surface area (Å²) in [6.07, 6.45) is -3.96. The molecule has 3 rings (SSSR count). The monoisotopic (exact) mass is 473 g/mol. The Kier molecular flexibility index (Phi) is 7.62. The maximum atomic E-state index is 13.2. The van der Waals surface area contributed by atoms with Crippen molar-refractivity contribution >= 4 is 23.5 Å². The maximum Gasteiger partial charge on any atom is 0.452 e. The van der Waals surface area contributed by atoms with E-state index in [0.29, 0.717) is 5.56 Å². The van der Waals surface area contributed by atoms with Crippen LogP contribution in [0, 0.1) is 0 Å². The van der Waals surface area contributed by atoms with Crippen LogP contribution in [0.5, 0.6) is 0 Å². The van der Waals surface area contributed by atoms with Crippen molar-refractivity contribution < 1.29 is 32.3 Å². The zero-order chi connectivity index (χ0) is 24.9. The Morgan fingerprint density at radius 3 is 2.06 bits per heavy atom. The Labute approximate surface area is 193 Å². The number of nitrogens with one attached hydrogen (secondary N) is 2. The highest BCUT2D eigenvalue weighted by Crippen LogP contribution is 2.26. The van der Waals surface area contributed by atoms with Crippen LogP contribution < -0.4 is 10.6 Å². The smallest absolute Gasteiger partial charge is 0.343 e. The first-order valence-corrected chi connectivity index (χ1v) is 10.4. The van der Waals surface area contributed by atoms with Gasteiger partial charge in [0.2, 0.25) is 5.91 Å². The van der Waals surface area contributed by atoms with Gasteiger partial charge in [-0.05, 0) is 17.7 Å². The van der Waals surface area contributed by atoms with Gasteiger partial charge in [-0.1, -0.05) is 48.5 Å². The van der Waals surface area contributed by atoms with Crippen molar-refractivity contribution in [1.29, 1.82) is 0 Å². The van der Waals surface area contributed by atoms with Crippen LogP contribution in [-0.2, 0) is 16.0 Å². The van der Waals surface area contributed by atoms with Crippen molar-refractivity contribution in [2.24, 2.45) is 0 Å². The van der Waals surface area contributed by atoms with E-state index in [4.69, 9.17) is 0 Å². The molecule has 0 saturated heterocycles. The summed E-state index contributed by atoms with van der Waals surface area (Å²) in [4.78, 5) is 51.9. The van der Waals surface area contributed by atoms with E-state index in [9.17, 15) is 32.3 Å². The fraction of sp³-hybridized carbons (Fsp3) is 0.250. The SMILES string of the molecule is C=CCNCC(NC(=O)C(Cc1ccccc1)N1C(=O)c2ccccc2C1=O)C(=O)C(F)(F)F. The number of rotatable bonds is 10. The van der Waals surface area contributed by atoms with Crippen LogP contribution in [0.25, 0.3) is 0 Å². The number of fused-ring (bicyclic) bond motifs is 1. The van der Waals surface area contributed by atoms with Crippen LogP contribution in [0.3, 0.4) is 0 Å². The number of halogens is 3. The lowest BCUT2D eigenvalue weighted by Gasteiger charge is -2.28. The molecule has 178 valence electrons. The number of imide groups is 1. The fourth-order valence-electron chi connectivity index (χ4n) is 3.63. The predicted octanol–water partition coefficient (Wildman–Crippen LogP) is 2.29. The Bertz CT molecular complexity index is 1070. The van der Waals surface area contributed by atoms with Crippen molar-refractivity contribution in [2.45, 2.75) is 24.7 Å². The zero-order valence-corrected chi connectivity index (χ0v) is 18.0. The number of amides is 3. The number of Topliss-reactive ketones (excluding diaryl/α,β-unsaturated/α-hetero) is 1. The van der Waals surface area contributed by atoms with Crippen LogP contribution in [0.1, 0.15) is 26.3 Å². The van der Waals surface area contributed by atoms with E-state index < -0.39 is 48.3 Å². The predicted molar refractivity (Wildman–Crippen MR) is 117 cm³/mol. The zero-order valence-electron chi connectivity index (χ0n) is 18.0. The molecule has 2 N–H and O–H groups in total. The van der Waals surface area contributed by atoms with Gasteiger partial charge >= 0.3 is 6.18 Å². The Balaban J connectivity index is 1.93. The van der Waals surface area contributed by atoms with E-state index in [0.717, 1.165) is 4.90 Å². The van der Waals surface area contributed by atoms with Gasteiger partial charge in [0, 0.05) is 19.5 Å². The molecule has 2 aromatic carbocycles. The molecule has 0 fully saturated rings. The topological polar surface area (TPSA) is 95.6 Å². The van der Waals surface area contributed by atoms with Gasteiger partial charge in [-0.15, -0.1) is 6.58 Å². The van der Waals surface area contributed by atoms with Gasteiger partial charge in [0.25, 0.3) is 17.6 Å². The van der Waals surface area contributed by atoms with Crippen LogP contribution in [0.2, 0.25) is 0 Å². The summed E-state index contributed by atoms with van der Waals surface area (Å²) in [5.74, 6) is -4.68. The highest BCUT2D eigenvalue weighted by molar-refractivity contribution is 6.23. The average molecular weight is 473 g/mol. The first-order chi connectivity index (χ1) is 16.1. The van der Waals surface area contributed by atoms with Crippen molar-refractivity contribution in [3.8, 4) is 0 Å². The number of hydrogen-bond acceptors (Lipinski definition) is 5. The van der Waals surface area contributed by atoms with Crippen LogP contribution in [0.15, 0.2) is 67.3 Å². The van der Waals surface area contributed by atoms with Crippen molar-refractivity contribution in [3.63, 3.8) is 0 Å². The molecule has 34 heavy (non-hydrogen) atoms. The first-order valence-electron chi connectivity index (χ1n) is 10.4. The van der Waals surface area contributed by atoms with Gasteiger partial charge in [0.05, 0.1) is 11.1 Å². The van der Waals surface area contributed by atoms with Crippen LogP contribution in [-0.4, -0.2) is 59.8 Å². The normalized spacial score (nSPS) is 15.0. The summed E-state index contributed by atoms with van der Waals surface area (Å²) in [6.45, 7) is 3.02. The molecule has 0 aliphatic carbocycles. The van der Waals surface area contributed by atoms with Crippen molar-refractivity contribution in [3.05, 3.63) is 83.9 Å². The van der Waals surface area contributed by atoms with Gasteiger partial charge in [0.1, 0.15) is 12.1 Å². The number of carbonyl (C=O) groups excluding carboxylic acids is 4. The lowest BCUT2D eigenvalue weighted by atomic mass is 10.0. The second kappa shape index (κ2) is 10.4. The number of carbonyl (C=O) groups is 4. The number of alkyl halides is 3. The Morgan fingerprint density at radius 1 is 0.971 bits per heavy atom. The van der Waals surface area contributed by atoms with Gasteiger partial charge in [-0.2, -0.15) is 13.2 Å². The molecule has 0 radical (unpaired) electrons. The largest absolute Gasteiger partial charge is 0.452 e. The number of ketones is 1. The number of nitrogens with zero attached hydrogens (tertiary/aromatic N) is 1. The van der Waals surface area contributed by atoms with E-state index in [2.05, 4.69) is 17.2 Å². The van der Waals surface area contributed by atoms with E-state index in [1.54, 1.807) is 42.5 Å². The minimum Gasteiger partial charge on any atom is -0.343 e. The summed E-state index contributed by atoms with van der Waals surface area (Å²) in [5, 5.41) is 4.68. The highest BCUT2D eigenvalue weighted by atomic mass is 19.4. The summed E-state index contributed by atoms with van der Waals surface area (Å²) in [5.41, 5.74) is 0.755. The standard InChI is InChI=1S/C24H22F3N3O4/c1-2-12-28-14-18(20(31)24(25,26)27)29-21(32)19(13-15-8-4-3-5-9-15)30-22(33)16-10-6-7-11-17(16)23(30)34/h2-11,18-19,28H,1,12-14H2,(H,29,32). The maximum absolute atomic E-state index is 13.2. The molecule has 0 saturated carbocycles. The average Bonchev–Trinajstić information content (AvgIpc) is 3.06. The minimum atomic E-state index is -5.20. The van der Waals surface area contributed by atoms with Gasteiger partial charge in [0.15, 0.2) is 0 Å². The molecule has 1 aliphatic heterocycles. The molecular formula is C24H22F3N3O4. The highest BCUT2D eigenvalue weighted by Gasteiger charge is 2.46. The van der Waals surface area contributed by atoms with E-state index in [1.807, 2.05) is 0 Å². The summed E-state index contributed by atoms with van der Waals surface area (Å²) >= 11 is 0. The summed E-state index contributed by atoms with van der Waals surface area (Å²) < 4.78 is 39.4. The molecule has 2 atom stereocenters. The first kappa shape index (κ1) is 24.8. The quantitative estimate of drug-likeness (QED) is 0.314. The fourth-order valence-corrected chi connectivity index (χ4v) is 3.63. The third kappa shape index (κ3) is 5.40. The molecule has 1 aliphatic rings. The third-order valence-electron chi connectivity index (χ3n) is 5.26. The summed E-state index contributed by atoms with van der Waals surface area (Å²) in [6, 6.07) is 11.0. The molecule has 2 aromatic rings. The molecule has 10 heteroatoms. The van der Waals surface area contributed by atoms with E-state index in [-0.39, 0.29) is 24.1 Å². The van der Waals surface area contributed by atoms with Crippen molar-refractivity contribution in [2.75, 3.05) is 13.1 Å². The van der Waals surface area contributed by atoms with E-state index in [1.165, 1.54) is 18.2 Å². The molecule has 3 amide bonds. The van der Waals surface area contributed by atoms with E-state index >= 15 is 0 Å². The van der Waals surface area contributed by atoms with Gasteiger partial charge in [-0.25, -0.2) is 0 Å².